The third-order valence-electron chi connectivity index (χ3n) is 3.21. The number of hydrogen-bond donors (Lipinski definition) is 1. The minimum atomic E-state index is -1.13. The quantitative estimate of drug-likeness (QED) is 0.823. The highest BCUT2D eigenvalue weighted by atomic mass is 16.5. The second kappa shape index (κ2) is 4.88. The molecule has 0 radical (unpaired) electrons. The molecule has 0 spiro atoms. The summed E-state index contributed by atoms with van der Waals surface area (Å²) >= 11 is 0. The number of benzene rings is 1. The van der Waals surface area contributed by atoms with Crippen LogP contribution in [0.4, 0.5) is 0 Å². The molecule has 1 aromatic carbocycles. The lowest BCUT2D eigenvalue weighted by molar-refractivity contribution is -0.171. The highest BCUT2D eigenvalue weighted by Crippen LogP contribution is 2.48. The van der Waals surface area contributed by atoms with Gasteiger partial charge < -0.3 is 9.84 Å². The Morgan fingerprint density at radius 2 is 2.06 bits per heavy atom. The van der Waals surface area contributed by atoms with E-state index in [0.717, 1.165) is 24.8 Å². The Hall–Kier alpha value is -1.35. The van der Waals surface area contributed by atoms with Crippen LogP contribution in [0.5, 0.6) is 0 Å². The zero-order chi connectivity index (χ0) is 12.3. The molecule has 0 amide bonds. The van der Waals surface area contributed by atoms with Crippen molar-refractivity contribution >= 4 is 5.97 Å². The first kappa shape index (κ1) is 12.1. The van der Waals surface area contributed by atoms with Crippen molar-refractivity contribution in [3.05, 3.63) is 35.9 Å². The number of hydrogen-bond acceptors (Lipinski definition) is 2. The van der Waals surface area contributed by atoms with Crippen molar-refractivity contribution in [1.82, 2.24) is 0 Å². The van der Waals surface area contributed by atoms with E-state index in [1.165, 1.54) is 0 Å². The van der Waals surface area contributed by atoms with Gasteiger partial charge in [0, 0.05) is 12.5 Å². The Bertz CT molecular complexity index is 384. The monoisotopic (exact) mass is 234 g/mol. The Morgan fingerprint density at radius 1 is 1.41 bits per heavy atom. The van der Waals surface area contributed by atoms with Crippen LogP contribution in [0.25, 0.3) is 0 Å². The van der Waals surface area contributed by atoms with Crippen LogP contribution >= 0.6 is 0 Å². The molecule has 0 aliphatic heterocycles. The van der Waals surface area contributed by atoms with E-state index in [0.29, 0.717) is 6.61 Å². The molecule has 1 aliphatic rings. The molecule has 2 rings (SSSR count). The minimum absolute atomic E-state index is 0.119. The van der Waals surface area contributed by atoms with Crippen LogP contribution < -0.4 is 0 Å². The maximum Gasteiger partial charge on any atom is 0.340 e. The Morgan fingerprint density at radius 3 is 2.53 bits per heavy atom. The maximum atomic E-state index is 11.7. The van der Waals surface area contributed by atoms with Gasteiger partial charge in [0.25, 0.3) is 0 Å². The van der Waals surface area contributed by atoms with Gasteiger partial charge in [0.05, 0.1) is 0 Å². The molecule has 0 aromatic heterocycles. The molecule has 1 N–H and O–H groups in total. The van der Waals surface area contributed by atoms with E-state index in [1.54, 1.807) is 0 Å². The molecule has 0 bridgehead atoms. The van der Waals surface area contributed by atoms with E-state index < -0.39 is 11.6 Å². The summed E-state index contributed by atoms with van der Waals surface area (Å²) in [5.41, 5.74) is -0.361. The average molecular weight is 234 g/mol. The second-order valence-corrected chi connectivity index (χ2v) is 4.53. The normalized spacial score (nSPS) is 18.6. The van der Waals surface area contributed by atoms with Crippen molar-refractivity contribution in [3.8, 4) is 0 Å². The van der Waals surface area contributed by atoms with Gasteiger partial charge in [-0.1, -0.05) is 37.3 Å². The summed E-state index contributed by atoms with van der Waals surface area (Å²) in [6.45, 7) is 2.47. The van der Waals surface area contributed by atoms with Crippen molar-refractivity contribution in [2.24, 2.45) is 5.92 Å². The number of ether oxygens (including phenoxy) is 1. The molecule has 3 nitrogen and oxygen atoms in total. The SMILES string of the molecule is CCCOC(C(=O)O)(c1ccccc1)C1CC1. The first-order chi connectivity index (χ1) is 8.21. The summed E-state index contributed by atoms with van der Waals surface area (Å²) in [5, 5.41) is 9.59. The van der Waals surface area contributed by atoms with Gasteiger partial charge >= 0.3 is 5.97 Å². The van der Waals surface area contributed by atoms with Gasteiger partial charge in [-0.3, -0.25) is 0 Å². The Labute approximate surface area is 101 Å². The first-order valence-electron chi connectivity index (χ1n) is 6.14. The third kappa shape index (κ3) is 2.20. The molecule has 1 saturated carbocycles. The smallest absolute Gasteiger partial charge is 0.340 e. The number of carboxylic acids is 1. The zero-order valence-electron chi connectivity index (χ0n) is 10.1. The van der Waals surface area contributed by atoms with Gasteiger partial charge in [0.2, 0.25) is 0 Å². The number of rotatable bonds is 6. The van der Waals surface area contributed by atoms with Crippen molar-refractivity contribution in [2.75, 3.05) is 6.61 Å². The molecule has 0 saturated heterocycles. The summed E-state index contributed by atoms with van der Waals surface area (Å²) in [4.78, 5) is 11.7. The summed E-state index contributed by atoms with van der Waals surface area (Å²) in [6, 6.07) is 9.32. The Kier molecular flexibility index (Phi) is 3.48. The van der Waals surface area contributed by atoms with Crippen molar-refractivity contribution < 1.29 is 14.6 Å². The first-order valence-corrected chi connectivity index (χ1v) is 6.14. The molecule has 92 valence electrons. The van der Waals surface area contributed by atoms with Crippen LogP contribution in [0.1, 0.15) is 31.7 Å². The van der Waals surface area contributed by atoms with Gasteiger partial charge in [-0.15, -0.1) is 0 Å². The van der Waals surface area contributed by atoms with E-state index >= 15 is 0 Å². The van der Waals surface area contributed by atoms with Crippen LogP contribution in [0.3, 0.4) is 0 Å². The minimum Gasteiger partial charge on any atom is -0.479 e. The standard InChI is InChI=1S/C14H18O3/c1-2-10-17-14(13(15)16,12-8-9-12)11-6-4-3-5-7-11/h3-7,12H,2,8-10H2,1H3,(H,15,16). The van der Waals surface area contributed by atoms with Crippen LogP contribution in [-0.4, -0.2) is 17.7 Å². The summed E-state index contributed by atoms with van der Waals surface area (Å²) in [5.74, 6) is -0.742. The van der Waals surface area contributed by atoms with Crippen LogP contribution in [-0.2, 0) is 15.1 Å². The summed E-state index contributed by atoms with van der Waals surface area (Å²) in [7, 11) is 0. The van der Waals surface area contributed by atoms with E-state index in [9.17, 15) is 9.90 Å². The van der Waals surface area contributed by atoms with Gasteiger partial charge in [0.15, 0.2) is 5.60 Å². The molecule has 1 fully saturated rings. The van der Waals surface area contributed by atoms with Crippen molar-refractivity contribution in [3.63, 3.8) is 0 Å². The Balaban J connectivity index is 2.37. The zero-order valence-corrected chi connectivity index (χ0v) is 10.1. The highest BCUT2D eigenvalue weighted by molar-refractivity contribution is 5.80. The molecule has 17 heavy (non-hydrogen) atoms. The molecular formula is C14H18O3. The molecule has 1 unspecified atom stereocenters. The summed E-state index contributed by atoms with van der Waals surface area (Å²) < 4.78 is 5.75. The lowest BCUT2D eigenvalue weighted by Crippen LogP contribution is -2.41. The molecule has 0 heterocycles. The highest BCUT2D eigenvalue weighted by Gasteiger charge is 2.53. The number of carbonyl (C=O) groups is 1. The van der Waals surface area contributed by atoms with Crippen LogP contribution in [0, 0.1) is 5.92 Å². The molecule has 1 aromatic rings. The molecule has 1 atom stereocenters. The lowest BCUT2D eigenvalue weighted by Gasteiger charge is -2.30. The largest absolute Gasteiger partial charge is 0.479 e. The average Bonchev–Trinajstić information content (AvgIpc) is 3.16. The van der Waals surface area contributed by atoms with Gasteiger partial charge in [-0.25, -0.2) is 4.79 Å². The van der Waals surface area contributed by atoms with Gasteiger partial charge in [0.1, 0.15) is 0 Å². The second-order valence-electron chi connectivity index (χ2n) is 4.53. The van der Waals surface area contributed by atoms with E-state index in [-0.39, 0.29) is 5.92 Å². The number of carboxylic acid groups (broad SMARTS) is 1. The fourth-order valence-electron chi connectivity index (χ4n) is 2.24. The van der Waals surface area contributed by atoms with E-state index in [4.69, 9.17) is 4.74 Å². The summed E-state index contributed by atoms with van der Waals surface area (Å²) in [6.07, 6.45) is 2.70. The van der Waals surface area contributed by atoms with E-state index in [1.807, 2.05) is 37.3 Å². The lowest BCUT2D eigenvalue weighted by atomic mass is 9.88. The molecule has 3 heteroatoms. The molecular weight excluding hydrogens is 216 g/mol. The maximum absolute atomic E-state index is 11.7. The fourth-order valence-corrected chi connectivity index (χ4v) is 2.24. The predicted octanol–water partition coefficient (Wildman–Crippen LogP) is 2.80. The van der Waals surface area contributed by atoms with Crippen molar-refractivity contribution in [2.45, 2.75) is 31.8 Å². The predicted molar refractivity (Wildman–Crippen MR) is 64.7 cm³/mol. The van der Waals surface area contributed by atoms with Crippen molar-refractivity contribution in [1.29, 1.82) is 0 Å². The van der Waals surface area contributed by atoms with Gasteiger partial charge in [-0.2, -0.15) is 0 Å². The van der Waals surface area contributed by atoms with Gasteiger partial charge in [-0.05, 0) is 24.8 Å². The van der Waals surface area contributed by atoms with Crippen LogP contribution in [0.2, 0.25) is 0 Å². The number of aliphatic carboxylic acids is 1. The van der Waals surface area contributed by atoms with Crippen LogP contribution in [0.15, 0.2) is 30.3 Å². The fraction of sp³-hybridized carbons (Fsp3) is 0.500. The molecule has 1 aliphatic carbocycles. The topological polar surface area (TPSA) is 46.5 Å². The third-order valence-corrected chi connectivity index (χ3v) is 3.21. The van der Waals surface area contributed by atoms with E-state index in [2.05, 4.69) is 0 Å².